The van der Waals surface area contributed by atoms with Crippen LogP contribution in [0.1, 0.15) is 6.92 Å². The van der Waals surface area contributed by atoms with E-state index in [9.17, 15) is 8.42 Å². The summed E-state index contributed by atoms with van der Waals surface area (Å²) in [6.07, 6.45) is 0. The summed E-state index contributed by atoms with van der Waals surface area (Å²) in [6.45, 7) is 4.42. The molecule has 0 saturated carbocycles. The number of anilines is 1. The zero-order valence-electron chi connectivity index (χ0n) is 11.1. The molecule has 0 fully saturated rings. The molecule has 0 unspecified atom stereocenters. The minimum Gasteiger partial charge on any atom is -0.383 e. The molecule has 0 aliphatic heterocycles. The van der Waals surface area contributed by atoms with Gasteiger partial charge in [-0.15, -0.1) is 0 Å². The average Bonchev–Trinajstić information content (AvgIpc) is 2.35. The fourth-order valence-corrected chi connectivity index (χ4v) is 2.56. The van der Waals surface area contributed by atoms with Crippen molar-refractivity contribution in [3.05, 3.63) is 24.3 Å². The molecule has 0 amide bonds. The van der Waals surface area contributed by atoms with Crippen LogP contribution in [0.15, 0.2) is 29.2 Å². The largest absolute Gasteiger partial charge is 0.383 e. The molecular formula is C12H21N3O2S. The van der Waals surface area contributed by atoms with Gasteiger partial charge < -0.3 is 10.6 Å². The molecule has 18 heavy (non-hydrogen) atoms. The zero-order chi connectivity index (χ0) is 13.6. The van der Waals surface area contributed by atoms with Crippen molar-refractivity contribution in [2.75, 3.05) is 39.0 Å². The Kier molecular flexibility index (Phi) is 5.58. The van der Waals surface area contributed by atoms with Gasteiger partial charge in [-0.3, -0.25) is 0 Å². The van der Waals surface area contributed by atoms with E-state index in [-0.39, 0.29) is 0 Å². The normalized spacial score (nSPS) is 11.8. The Bertz CT molecular complexity index is 472. The summed E-state index contributed by atoms with van der Waals surface area (Å²) in [7, 11) is -0.335. The van der Waals surface area contributed by atoms with Crippen molar-refractivity contribution in [3.8, 4) is 0 Å². The van der Waals surface area contributed by atoms with Gasteiger partial charge in [0.1, 0.15) is 4.90 Å². The quantitative estimate of drug-likeness (QED) is 0.725. The Hall–Kier alpha value is -1.11. The predicted molar refractivity (Wildman–Crippen MR) is 74.3 cm³/mol. The molecule has 5 nitrogen and oxygen atoms in total. The molecule has 0 aliphatic carbocycles. The molecule has 0 radical (unpaired) electrons. The van der Waals surface area contributed by atoms with E-state index in [0.29, 0.717) is 17.1 Å². The predicted octanol–water partition coefficient (Wildman–Crippen LogP) is 0.958. The van der Waals surface area contributed by atoms with Gasteiger partial charge in [-0.25, -0.2) is 12.7 Å². The first-order chi connectivity index (χ1) is 8.50. The summed E-state index contributed by atoms with van der Waals surface area (Å²) in [5.41, 5.74) is 0.643. The first-order valence-corrected chi connectivity index (χ1v) is 7.40. The number of nitrogens with one attached hydrogen (secondary N) is 2. The second kappa shape index (κ2) is 6.72. The van der Waals surface area contributed by atoms with Gasteiger partial charge in [-0.2, -0.15) is 0 Å². The highest BCUT2D eigenvalue weighted by atomic mass is 32.2. The molecule has 0 saturated heterocycles. The van der Waals surface area contributed by atoms with Crippen molar-refractivity contribution >= 4 is 15.7 Å². The molecule has 0 spiro atoms. The molecule has 6 heteroatoms. The van der Waals surface area contributed by atoms with Crippen LogP contribution in [0, 0.1) is 0 Å². The number of hydrogen-bond acceptors (Lipinski definition) is 4. The standard InChI is InChI=1S/C12H21N3O2S/c1-4-13-9-10-14-11-7-5-6-8-12(11)18(16,17)15(2)3/h5-8,13-14H,4,9-10H2,1-3H3. The van der Waals surface area contributed by atoms with Crippen molar-refractivity contribution < 1.29 is 8.42 Å². The van der Waals surface area contributed by atoms with Crippen molar-refractivity contribution in [3.63, 3.8) is 0 Å². The molecule has 0 heterocycles. The number of sulfonamides is 1. The van der Waals surface area contributed by atoms with Crippen LogP contribution >= 0.6 is 0 Å². The number of likely N-dealkylation sites (N-methyl/N-ethyl adjacent to an activating group) is 1. The van der Waals surface area contributed by atoms with Gasteiger partial charge in [0.15, 0.2) is 0 Å². The fraction of sp³-hybridized carbons (Fsp3) is 0.500. The SMILES string of the molecule is CCNCCNc1ccccc1S(=O)(=O)N(C)C. The third kappa shape index (κ3) is 3.69. The minimum atomic E-state index is -3.40. The molecule has 102 valence electrons. The van der Waals surface area contributed by atoms with E-state index < -0.39 is 10.0 Å². The van der Waals surface area contributed by atoms with Crippen LogP contribution in [0.5, 0.6) is 0 Å². The monoisotopic (exact) mass is 271 g/mol. The molecule has 0 bridgehead atoms. The van der Waals surface area contributed by atoms with Gasteiger partial charge >= 0.3 is 0 Å². The Balaban J connectivity index is 2.87. The van der Waals surface area contributed by atoms with Gasteiger partial charge in [0.2, 0.25) is 10.0 Å². The second-order valence-electron chi connectivity index (χ2n) is 4.06. The van der Waals surface area contributed by atoms with Gasteiger partial charge in [-0.05, 0) is 18.7 Å². The fourth-order valence-electron chi connectivity index (χ4n) is 1.50. The molecule has 0 aromatic heterocycles. The van der Waals surface area contributed by atoms with Crippen molar-refractivity contribution in [2.24, 2.45) is 0 Å². The smallest absolute Gasteiger partial charge is 0.244 e. The summed E-state index contributed by atoms with van der Waals surface area (Å²) in [4.78, 5) is 0.312. The Labute approximate surface area is 109 Å². The minimum absolute atomic E-state index is 0.312. The number of nitrogens with zero attached hydrogens (tertiary/aromatic N) is 1. The van der Waals surface area contributed by atoms with E-state index >= 15 is 0 Å². The topological polar surface area (TPSA) is 61.4 Å². The van der Waals surface area contributed by atoms with E-state index in [1.165, 1.54) is 18.4 Å². The van der Waals surface area contributed by atoms with Crippen LogP contribution in [0.4, 0.5) is 5.69 Å². The Morgan fingerprint density at radius 2 is 1.83 bits per heavy atom. The molecule has 0 aliphatic rings. The van der Waals surface area contributed by atoms with Crippen LogP contribution < -0.4 is 10.6 Å². The number of para-hydroxylation sites is 1. The molecule has 1 aromatic rings. The molecule has 1 rings (SSSR count). The number of benzene rings is 1. The first kappa shape index (κ1) is 14.9. The maximum atomic E-state index is 12.1. The van der Waals surface area contributed by atoms with Crippen LogP contribution in [-0.2, 0) is 10.0 Å². The lowest BCUT2D eigenvalue weighted by molar-refractivity contribution is 0.521. The zero-order valence-corrected chi connectivity index (χ0v) is 11.9. The summed E-state index contributed by atoms with van der Waals surface area (Å²) in [6, 6.07) is 6.95. The van der Waals surface area contributed by atoms with Gasteiger partial charge in [0, 0.05) is 27.2 Å². The molecule has 1 aromatic carbocycles. The van der Waals surface area contributed by atoms with Crippen molar-refractivity contribution in [2.45, 2.75) is 11.8 Å². The first-order valence-electron chi connectivity index (χ1n) is 5.96. The lowest BCUT2D eigenvalue weighted by atomic mass is 10.3. The second-order valence-corrected chi connectivity index (χ2v) is 6.18. The molecule has 2 N–H and O–H groups in total. The summed E-state index contributed by atoms with van der Waals surface area (Å²) < 4.78 is 25.4. The van der Waals surface area contributed by atoms with E-state index in [0.717, 1.165) is 13.1 Å². The van der Waals surface area contributed by atoms with E-state index in [2.05, 4.69) is 10.6 Å². The van der Waals surface area contributed by atoms with Crippen LogP contribution in [-0.4, -0.2) is 46.5 Å². The average molecular weight is 271 g/mol. The van der Waals surface area contributed by atoms with Crippen LogP contribution in [0.2, 0.25) is 0 Å². The number of rotatable bonds is 7. The highest BCUT2D eigenvalue weighted by Crippen LogP contribution is 2.22. The molecule has 0 atom stereocenters. The Morgan fingerprint density at radius 1 is 1.17 bits per heavy atom. The van der Waals surface area contributed by atoms with Gasteiger partial charge in [-0.1, -0.05) is 19.1 Å². The Morgan fingerprint density at radius 3 is 2.44 bits per heavy atom. The lowest BCUT2D eigenvalue weighted by Gasteiger charge is -2.16. The lowest BCUT2D eigenvalue weighted by Crippen LogP contribution is -2.25. The number of hydrogen-bond donors (Lipinski definition) is 2. The third-order valence-corrected chi connectivity index (χ3v) is 4.39. The van der Waals surface area contributed by atoms with E-state index in [1.807, 2.05) is 13.0 Å². The van der Waals surface area contributed by atoms with Gasteiger partial charge in [0.05, 0.1) is 5.69 Å². The van der Waals surface area contributed by atoms with Crippen LogP contribution in [0.3, 0.4) is 0 Å². The van der Waals surface area contributed by atoms with E-state index in [1.54, 1.807) is 18.2 Å². The summed E-state index contributed by atoms with van der Waals surface area (Å²) >= 11 is 0. The third-order valence-electron chi connectivity index (χ3n) is 2.51. The van der Waals surface area contributed by atoms with Crippen LogP contribution in [0.25, 0.3) is 0 Å². The summed E-state index contributed by atoms with van der Waals surface area (Å²) in [5, 5.41) is 6.32. The highest BCUT2D eigenvalue weighted by molar-refractivity contribution is 7.89. The highest BCUT2D eigenvalue weighted by Gasteiger charge is 2.20. The maximum Gasteiger partial charge on any atom is 0.244 e. The van der Waals surface area contributed by atoms with E-state index in [4.69, 9.17) is 0 Å². The van der Waals surface area contributed by atoms with Crippen molar-refractivity contribution in [1.82, 2.24) is 9.62 Å². The summed E-state index contributed by atoms with van der Waals surface area (Å²) in [5.74, 6) is 0. The maximum absolute atomic E-state index is 12.1. The molecular weight excluding hydrogens is 250 g/mol. The van der Waals surface area contributed by atoms with Crippen molar-refractivity contribution in [1.29, 1.82) is 0 Å². The van der Waals surface area contributed by atoms with Gasteiger partial charge in [0.25, 0.3) is 0 Å².